The highest BCUT2D eigenvalue weighted by molar-refractivity contribution is 5.85. The van der Waals surface area contributed by atoms with Crippen LogP contribution in [0.15, 0.2) is 0 Å². The molecule has 110 valence electrons. The van der Waals surface area contributed by atoms with Crippen molar-refractivity contribution in [2.75, 3.05) is 6.54 Å². The summed E-state index contributed by atoms with van der Waals surface area (Å²) in [6.45, 7) is 0.383. The normalized spacial score (nSPS) is 15.5. The molecule has 0 aromatic carbocycles. The van der Waals surface area contributed by atoms with Crippen molar-refractivity contribution in [1.82, 2.24) is 5.32 Å². The Bertz CT molecular complexity index is 348. The van der Waals surface area contributed by atoms with E-state index in [0.717, 1.165) is 0 Å². The van der Waals surface area contributed by atoms with E-state index in [1.807, 2.05) is 0 Å². The molecule has 0 fully saturated rings. The zero-order chi connectivity index (χ0) is 15.1. The number of hydrogen-bond acceptors (Lipinski definition) is 6. The molecule has 0 bridgehead atoms. The van der Waals surface area contributed by atoms with Gasteiger partial charge in [-0.25, -0.2) is 4.79 Å². The third-order valence-electron chi connectivity index (χ3n) is 2.49. The summed E-state index contributed by atoms with van der Waals surface area (Å²) in [7, 11) is 0. The van der Waals surface area contributed by atoms with E-state index in [1.54, 1.807) is 0 Å². The lowest BCUT2D eigenvalue weighted by molar-refractivity contribution is -0.153. The Balaban J connectivity index is 4.79. The van der Waals surface area contributed by atoms with Crippen LogP contribution in [-0.4, -0.2) is 51.5 Å². The molecule has 0 heterocycles. The van der Waals surface area contributed by atoms with Crippen LogP contribution >= 0.6 is 0 Å². The first kappa shape index (κ1) is 17.3. The van der Waals surface area contributed by atoms with Crippen LogP contribution in [0.3, 0.4) is 0 Å². The lowest BCUT2D eigenvalue weighted by Crippen LogP contribution is -2.65. The largest absolute Gasteiger partial charge is 0.481 e. The summed E-state index contributed by atoms with van der Waals surface area (Å²) in [6.07, 6.45) is 0.222. The Labute approximate surface area is 109 Å². The van der Waals surface area contributed by atoms with Gasteiger partial charge in [0.2, 0.25) is 0 Å². The van der Waals surface area contributed by atoms with E-state index in [4.69, 9.17) is 26.8 Å². The number of carbonyl (C=O) groups is 3. The second kappa shape index (κ2) is 7.67. The van der Waals surface area contributed by atoms with Gasteiger partial charge in [0.1, 0.15) is 6.04 Å². The fraction of sp³-hybridized carbons (Fsp3) is 0.700. The third kappa shape index (κ3) is 6.13. The zero-order valence-corrected chi connectivity index (χ0v) is 10.3. The average Bonchev–Trinajstić information content (AvgIpc) is 2.26. The Morgan fingerprint density at radius 3 is 2.11 bits per heavy atom. The second-order valence-corrected chi connectivity index (χ2v) is 4.17. The molecule has 9 nitrogen and oxygen atoms in total. The van der Waals surface area contributed by atoms with Crippen molar-refractivity contribution in [2.24, 2.45) is 11.5 Å². The summed E-state index contributed by atoms with van der Waals surface area (Å²) in [5, 5.41) is 28.7. The molecular weight excluding hydrogens is 258 g/mol. The number of hydrogen-bond donors (Lipinski definition) is 6. The topological polar surface area (TPSA) is 176 Å². The molecule has 0 aromatic rings. The van der Waals surface area contributed by atoms with E-state index in [9.17, 15) is 14.4 Å². The van der Waals surface area contributed by atoms with E-state index in [0.29, 0.717) is 19.4 Å². The summed E-state index contributed by atoms with van der Waals surface area (Å²) in [5.41, 5.74) is 8.35. The molecule has 2 atom stereocenters. The average molecular weight is 277 g/mol. The molecule has 0 saturated heterocycles. The van der Waals surface area contributed by atoms with Crippen molar-refractivity contribution in [1.29, 1.82) is 0 Å². The molecule has 0 aromatic heterocycles. The maximum absolute atomic E-state index is 11.0. The minimum atomic E-state index is -2.32. The smallest absolute Gasteiger partial charge is 0.339 e. The Kier molecular flexibility index (Phi) is 6.98. The number of rotatable bonds is 10. The molecule has 0 rings (SSSR count). The molecular formula is C10H19N3O6. The molecule has 8 N–H and O–H groups in total. The number of aliphatic carboxylic acids is 3. The van der Waals surface area contributed by atoms with Crippen molar-refractivity contribution in [3.05, 3.63) is 0 Å². The summed E-state index contributed by atoms with van der Waals surface area (Å²) >= 11 is 0. The first-order valence-corrected chi connectivity index (χ1v) is 5.67. The van der Waals surface area contributed by atoms with E-state index >= 15 is 0 Å². The first-order valence-electron chi connectivity index (χ1n) is 5.67. The van der Waals surface area contributed by atoms with E-state index in [1.165, 1.54) is 0 Å². The van der Waals surface area contributed by atoms with Gasteiger partial charge in [-0.2, -0.15) is 0 Å². The van der Waals surface area contributed by atoms with Crippen molar-refractivity contribution in [2.45, 2.75) is 37.4 Å². The Morgan fingerprint density at radius 1 is 1.16 bits per heavy atom. The fourth-order valence-corrected chi connectivity index (χ4v) is 1.49. The molecule has 0 aliphatic heterocycles. The van der Waals surface area contributed by atoms with E-state index in [2.05, 4.69) is 5.32 Å². The van der Waals surface area contributed by atoms with Gasteiger partial charge >= 0.3 is 17.9 Å². The van der Waals surface area contributed by atoms with Crippen LogP contribution in [0.5, 0.6) is 0 Å². The fourth-order valence-electron chi connectivity index (χ4n) is 1.49. The molecule has 0 radical (unpaired) electrons. The minimum absolute atomic E-state index is 0.110. The first-order chi connectivity index (χ1) is 8.73. The Morgan fingerprint density at radius 2 is 1.74 bits per heavy atom. The van der Waals surface area contributed by atoms with Crippen LogP contribution < -0.4 is 16.8 Å². The van der Waals surface area contributed by atoms with Gasteiger partial charge < -0.3 is 26.8 Å². The van der Waals surface area contributed by atoms with E-state index in [-0.39, 0.29) is 6.42 Å². The van der Waals surface area contributed by atoms with Gasteiger partial charge in [0.15, 0.2) is 5.66 Å². The lowest BCUT2D eigenvalue weighted by atomic mass is 10.0. The van der Waals surface area contributed by atoms with Gasteiger partial charge in [-0.1, -0.05) is 6.42 Å². The molecule has 9 heteroatoms. The summed E-state index contributed by atoms with van der Waals surface area (Å²) < 4.78 is 0. The molecule has 0 aliphatic rings. The van der Waals surface area contributed by atoms with Gasteiger partial charge in [-0.3, -0.25) is 14.9 Å². The van der Waals surface area contributed by atoms with Crippen LogP contribution in [0, 0.1) is 0 Å². The predicted octanol–water partition coefficient (Wildman–Crippen LogP) is -1.63. The van der Waals surface area contributed by atoms with Crippen LogP contribution in [0.4, 0.5) is 0 Å². The van der Waals surface area contributed by atoms with Gasteiger partial charge in [0, 0.05) is 0 Å². The van der Waals surface area contributed by atoms with E-state index < -0.39 is 36.0 Å². The van der Waals surface area contributed by atoms with Crippen LogP contribution in [-0.2, 0) is 14.4 Å². The van der Waals surface area contributed by atoms with Gasteiger partial charge in [0.05, 0.1) is 6.42 Å². The number of nitrogens with one attached hydrogen (secondary N) is 1. The zero-order valence-electron chi connectivity index (χ0n) is 10.3. The highest BCUT2D eigenvalue weighted by atomic mass is 16.4. The predicted molar refractivity (Wildman–Crippen MR) is 64.3 cm³/mol. The number of unbranched alkanes of at least 4 members (excludes halogenated alkanes) is 1. The standard InChI is InChI=1S/C10H19N3O6/c11-4-2-1-3-6(8(16)17)13-10(12,9(18)19)5-7(14)15/h6,13H,1-5,11-12H2,(H,14,15)(H,16,17)(H,18,19)/t6-,10+/m0/s1. The monoisotopic (exact) mass is 277 g/mol. The van der Waals surface area contributed by atoms with Crippen molar-refractivity contribution in [3.8, 4) is 0 Å². The third-order valence-corrected chi connectivity index (χ3v) is 2.49. The van der Waals surface area contributed by atoms with Crippen LogP contribution in [0.2, 0.25) is 0 Å². The van der Waals surface area contributed by atoms with Gasteiger partial charge in [-0.05, 0) is 19.4 Å². The van der Waals surface area contributed by atoms with Gasteiger partial charge in [-0.15, -0.1) is 0 Å². The molecule has 0 amide bonds. The highest BCUT2D eigenvalue weighted by Gasteiger charge is 2.40. The minimum Gasteiger partial charge on any atom is -0.481 e. The summed E-state index contributed by atoms with van der Waals surface area (Å²) in [4.78, 5) is 32.6. The van der Waals surface area contributed by atoms with Gasteiger partial charge in [0.25, 0.3) is 0 Å². The second-order valence-electron chi connectivity index (χ2n) is 4.17. The molecule has 0 unspecified atom stereocenters. The number of carboxylic acid groups (broad SMARTS) is 3. The van der Waals surface area contributed by atoms with Crippen molar-refractivity contribution in [3.63, 3.8) is 0 Å². The number of nitrogens with two attached hydrogens (primary N) is 2. The SMILES string of the molecule is NCCCC[C@H](N[C@](N)(CC(=O)O)C(=O)O)C(=O)O. The Hall–Kier alpha value is -1.71. The van der Waals surface area contributed by atoms with Crippen LogP contribution in [0.1, 0.15) is 25.7 Å². The molecule has 19 heavy (non-hydrogen) atoms. The maximum atomic E-state index is 11.0. The summed E-state index contributed by atoms with van der Waals surface area (Å²) in [5.74, 6) is -4.36. The summed E-state index contributed by atoms with van der Waals surface area (Å²) in [6, 6.07) is -1.24. The molecule has 0 aliphatic carbocycles. The quantitative estimate of drug-likeness (QED) is 0.202. The lowest BCUT2D eigenvalue weighted by Gasteiger charge is -2.28. The van der Waals surface area contributed by atoms with Crippen molar-refractivity contribution >= 4 is 17.9 Å². The highest BCUT2D eigenvalue weighted by Crippen LogP contribution is 2.09. The molecule has 0 spiro atoms. The number of carboxylic acids is 3. The molecule has 0 saturated carbocycles. The van der Waals surface area contributed by atoms with Crippen molar-refractivity contribution < 1.29 is 29.7 Å². The maximum Gasteiger partial charge on any atom is 0.339 e. The van der Waals surface area contributed by atoms with Crippen LogP contribution in [0.25, 0.3) is 0 Å².